The van der Waals surface area contributed by atoms with Gasteiger partial charge >= 0.3 is 0 Å². The smallest absolute Gasteiger partial charge is 0.262 e. The fourth-order valence-corrected chi connectivity index (χ4v) is 2.28. The highest BCUT2D eigenvalue weighted by molar-refractivity contribution is 14.1. The lowest BCUT2D eigenvalue weighted by molar-refractivity contribution is 0.425. The molecular weight excluding hydrogens is 369 g/mol. The minimum atomic E-state index is 0.109. The zero-order valence-corrected chi connectivity index (χ0v) is 12.7. The second-order valence-electron chi connectivity index (χ2n) is 4.25. The zero-order valence-electron chi connectivity index (χ0n) is 10.5. The maximum Gasteiger partial charge on any atom is 0.262 e. The Balaban J connectivity index is 2.04. The SMILES string of the molecule is Cc1cccc(-c2noc(-c3cc(I)ccc3O)n2)n1. The number of hydrogen-bond acceptors (Lipinski definition) is 5. The van der Waals surface area contributed by atoms with Crippen molar-refractivity contribution in [3.05, 3.63) is 45.7 Å². The van der Waals surface area contributed by atoms with E-state index >= 15 is 0 Å². The van der Waals surface area contributed by atoms with Crippen molar-refractivity contribution in [3.63, 3.8) is 0 Å². The highest BCUT2D eigenvalue weighted by atomic mass is 127. The molecule has 20 heavy (non-hydrogen) atoms. The zero-order chi connectivity index (χ0) is 14.1. The second kappa shape index (κ2) is 5.20. The molecule has 3 rings (SSSR count). The molecule has 1 N–H and O–H groups in total. The Bertz CT molecular complexity index is 771. The van der Waals surface area contributed by atoms with Gasteiger partial charge < -0.3 is 9.63 Å². The molecule has 2 heterocycles. The Morgan fingerprint density at radius 2 is 2.00 bits per heavy atom. The van der Waals surface area contributed by atoms with Crippen LogP contribution in [0.4, 0.5) is 0 Å². The van der Waals surface area contributed by atoms with Crippen LogP contribution >= 0.6 is 22.6 Å². The highest BCUT2D eigenvalue weighted by Gasteiger charge is 2.15. The Hall–Kier alpha value is -1.96. The third kappa shape index (κ3) is 2.51. The predicted molar refractivity (Wildman–Crippen MR) is 82.1 cm³/mol. The van der Waals surface area contributed by atoms with Crippen molar-refractivity contribution in [3.8, 4) is 28.7 Å². The van der Waals surface area contributed by atoms with Crippen molar-refractivity contribution in [2.45, 2.75) is 6.92 Å². The van der Waals surface area contributed by atoms with Crippen molar-refractivity contribution in [2.75, 3.05) is 0 Å². The Kier molecular flexibility index (Phi) is 3.39. The van der Waals surface area contributed by atoms with Gasteiger partial charge in [0.2, 0.25) is 5.82 Å². The molecule has 5 nitrogen and oxygen atoms in total. The van der Waals surface area contributed by atoms with Crippen LogP contribution in [-0.4, -0.2) is 20.2 Å². The predicted octanol–water partition coefficient (Wildman–Crippen LogP) is 3.42. The normalized spacial score (nSPS) is 10.7. The molecule has 3 aromatic rings. The minimum absolute atomic E-state index is 0.109. The summed E-state index contributed by atoms with van der Waals surface area (Å²) >= 11 is 2.16. The Morgan fingerprint density at radius 3 is 2.80 bits per heavy atom. The quantitative estimate of drug-likeness (QED) is 0.691. The standard InChI is InChI=1S/C14H10IN3O2/c1-8-3-2-4-11(16-8)13-17-14(20-18-13)10-7-9(15)5-6-12(10)19/h2-7,19H,1H3. The van der Waals surface area contributed by atoms with E-state index in [-0.39, 0.29) is 11.6 Å². The van der Waals surface area contributed by atoms with Gasteiger partial charge in [-0.2, -0.15) is 4.98 Å². The topological polar surface area (TPSA) is 72.0 Å². The van der Waals surface area contributed by atoms with Crippen LogP contribution < -0.4 is 0 Å². The summed E-state index contributed by atoms with van der Waals surface area (Å²) in [5.74, 6) is 0.791. The number of halogens is 1. The van der Waals surface area contributed by atoms with Crippen LogP contribution in [0.1, 0.15) is 5.69 Å². The van der Waals surface area contributed by atoms with Gasteiger partial charge in [0.25, 0.3) is 5.89 Å². The number of phenols is 1. The van der Waals surface area contributed by atoms with Gasteiger partial charge in [0.15, 0.2) is 0 Å². The second-order valence-corrected chi connectivity index (χ2v) is 5.49. The van der Waals surface area contributed by atoms with Crippen molar-refractivity contribution >= 4 is 22.6 Å². The van der Waals surface area contributed by atoms with E-state index < -0.39 is 0 Å². The van der Waals surface area contributed by atoms with E-state index in [1.54, 1.807) is 18.2 Å². The van der Waals surface area contributed by atoms with Crippen molar-refractivity contribution in [2.24, 2.45) is 0 Å². The van der Waals surface area contributed by atoms with E-state index in [0.29, 0.717) is 17.1 Å². The monoisotopic (exact) mass is 379 g/mol. The molecule has 0 fully saturated rings. The number of rotatable bonds is 2. The maximum atomic E-state index is 9.87. The number of aryl methyl sites for hydroxylation is 1. The summed E-state index contributed by atoms with van der Waals surface area (Å²) in [6, 6.07) is 10.8. The first-order valence-corrected chi connectivity index (χ1v) is 6.98. The molecule has 0 saturated heterocycles. The number of hydrogen-bond donors (Lipinski definition) is 1. The van der Waals surface area contributed by atoms with Crippen molar-refractivity contribution in [1.29, 1.82) is 0 Å². The third-order valence-electron chi connectivity index (χ3n) is 2.73. The summed E-state index contributed by atoms with van der Waals surface area (Å²) in [4.78, 5) is 8.63. The van der Waals surface area contributed by atoms with Crippen LogP contribution in [0.5, 0.6) is 5.75 Å². The minimum Gasteiger partial charge on any atom is -0.507 e. The largest absolute Gasteiger partial charge is 0.507 e. The van der Waals surface area contributed by atoms with Gasteiger partial charge in [-0.3, -0.25) is 0 Å². The molecule has 0 unspecified atom stereocenters. The van der Waals surface area contributed by atoms with Crippen molar-refractivity contribution < 1.29 is 9.63 Å². The molecular formula is C14H10IN3O2. The number of benzene rings is 1. The Morgan fingerprint density at radius 1 is 1.15 bits per heavy atom. The first-order valence-electron chi connectivity index (χ1n) is 5.90. The first kappa shape index (κ1) is 13.0. The molecule has 0 amide bonds. The maximum absolute atomic E-state index is 9.87. The van der Waals surface area contributed by atoms with Gasteiger partial charge in [-0.15, -0.1) is 0 Å². The summed E-state index contributed by atoms with van der Waals surface area (Å²) in [6.45, 7) is 1.90. The number of pyridine rings is 1. The van der Waals surface area contributed by atoms with Crippen LogP contribution in [0.25, 0.3) is 23.0 Å². The van der Waals surface area contributed by atoms with Gasteiger partial charge in [0.1, 0.15) is 11.4 Å². The number of nitrogens with zero attached hydrogens (tertiary/aromatic N) is 3. The van der Waals surface area contributed by atoms with E-state index in [4.69, 9.17) is 4.52 Å². The van der Waals surface area contributed by atoms with E-state index in [2.05, 4.69) is 37.7 Å². The van der Waals surface area contributed by atoms with Gasteiger partial charge in [-0.1, -0.05) is 11.2 Å². The Labute approximate surface area is 128 Å². The van der Waals surface area contributed by atoms with Crippen LogP contribution in [0, 0.1) is 10.5 Å². The summed E-state index contributed by atoms with van der Waals surface area (Å²) in [6.07, 6.45) is 0. The highest BCUT2D eigenvalue weighted by Crippen LogP contribution is 2.30. The first-order chi connectivity index (χ1) is 9.63. The summed E-state index contributed by atoms with van der Waals surface area (Å²) in [5.41, 5.74) is 2.04. The molecule has 100 valence electrons. The fourth-order valence-electron chi connectivity index (χ4n) is 1.78. The molecule has 0 radical (unpaired) electrons. The van der Waals surface area contributed by atoms with Gasteiger partial charge in [-0.25, -0.2) is 4.98 Å². The molecule has 0 atom stereocenters. The molecule has 0 spiro atoms. The van der Waals surface area contributed by atoms with E-state index in [0.717, 1.165) is 9.26 Å². The van der Waals surface area contributed by atoms with Crippen molar-refractivity contribution in [1.82, 2.24) is 15.1 Å². The summed E-state index contributed by atoms with van der Waals surface area (Å²) in [5, 5.41) is 13.8. The average Bonchev–Trinajstić information content (AvgIpc) is 2.91. The van der Waals surface area contributed by atoms with E-state index in [1.807, 2.05) is 25.1 Å². The lowest BCUT2D eigenvalue weighted by Crippen LogP contribution is -1.88. The number of phenolic OH excluding ortho intramolecular Hbond substituents is 1. The molecule has 6 heteroatoms. The molecule has 0 saturated carbocycles. The number of aromatic nitrogens is 3. The average molecular weight is 379 g/mol. The third-order valence-corrected chi connectivity index (χ3v) is 3.40. The van der Waals surface area contributed by atoms with Crippen LogP contribution in [0.15, 0.2) is 40.9 Å². The van der Waals surface area contributed by atoms with E-state index in [1.165, 1.54) is 0 Å². The van der Waals surface area contributed by atoms with Gasteiger partial charge in [-0.05, 0) is 59.8 Å². The van der Waals surface area contributed by atoms with Crippen LogP contribution in [0.2, 0.25) is 0 Å². The lowest BCUT2D eigenvalue weighted by atomic mass is 10.2. The molecule has 0 aliphatic heterocycles. The number of aromatic hydroxyl groups is 1. The van der Waals surface area contributed by atoms with E-state index in [9.17, 15) is 5.11 Å². The van der Waals surface area contributed by atoms with Crippen LogP contribution in [-0.2, 0) is 0 Å². The lowest BCUT2D eigenvalue weighted by Gasteiger charge is -1.99. The summed E-state index contributed by atoms with van der Waals surface area (Å²) < 4.78 is 6.19. The summed E-state index contributed by atoms with van der Waals surface area (Å²) in [7, 11) is 0. The molecule has 0 aliphatic carbocycles. The molecule has 1 aromatic carbocycles. The molecule has 0 bridgehead atoms. The van der Waals surface area contributed by atoms with Gasteiger partial charge in [0, 0.05) is 9.26 Å². The van der Waals surface area contributed by atoms with Gasteiger partial charge in [0.05, 0.1) is 5.56 Å². The fraction of sp³-hybridized carbons (Fsp3) is 0.0714. The molecule has 0 aliphatic rings. The van der Waals surface area contributed by atoms with Crippen LogP contribution in [0.3, 0.4) is 0 Å². The molecule has 2 aromatic heterocycles.